The Bertz CT molecular complexity index is 356. The summed E-state index contributed by atoms with van der Waals surface area (Å²) in [4.78, 5) is 11.5. The number of carbonyl (C=O) groups excluding carboxylic acids is 1. The van der Waals surface area contributed by atoms with Crippen molar-refractivity contribution in [3.8, 4) is 0 Å². The average Bonchev–Trinajstić information content (AvgIpc) is 2.16. The Hall–Kier alpha value is -0.840. The van der Waals surface area contributed by atoms with Crippen LogP contribution in [0.2, 0.25) is 0 Å². The first kappa shape index (κ1) is 13.2. The lowest BCUT2D eigenvalue weighted by Gasteiger charge is -2.05. The standard InChI is InChI=1S/C11H10BrF3O/c12-9-5-3-8(4-6-9)10(16)2-1-7-11(13,14)15/h3-6H,1-2,7H2. The molecule has 0 saturated heterocycles. The number of hydrogen-bond acceptors (Lipinski definition) is 1. The molecule has 0 bridgehead atoms. The molecule has 1 aromatic carbocycles. The third-order valence-corrected chi connectivity index (χ3v) is 2.56. The molecule has 0 aliphatic heterocycles. The minimum absolute atomic E-state index is 0.0683. The van der Waals surface area contributed by atoms with Gasteiger partial charge in [0.2, 0.25) is 0 Å². The highest BCUT2D eigenvalue weighted by Crippen LogP contribution is 2.23. The van der Waals surface area contributed by atoms with Crippen LogP contribution in [-0.2, 0) is 0 Å². The minimum atomic E-state index is -4.18. The van der Waals surface area contributed by atoms with Crippen LogP contribution >= 0.6 is 15.9 Å². The van der Waals surface area contributed by atoms with Crippen molar-refractivity contribution < 1.29 is 18.0 Å². The quantitative estimate of drug-likeness (QED) is 0.754. The van der Waals surface area contributed by atoms with Gasteiger partial charge in [-0.15, -0.1) is 0 Å². The first-order valence-electron chi connectivity index (χ1n) is 4.74. The SMILES string of the molecule is O=C(CCCC(F)(F)F)c1ccc(Br)cc1. The summed E-state index contributed by atoms with van der Waals surface area (Å²) in [5.74, 6) is -0.253. The molecule has 1 nitrogen and oxygen atoms in total. The maximum Gasteiger partial charge on any atom is 0.389 e. The van der Waals surface area contributed by atoms with Gasteiger partial charge in [0.05, 0.1) is 0 Å². The summed E-state index contributed by atoms with van der Waals surface area (Å²) in [5.41, 5.74) is 0.449. The van der Waals surface area contributed by atoms with E-state index >= 15 is 0 Å². The molecule has 88 valence electrons. The summed E-state index contributed by atoms with van der Waals surface area (Å²) in [6.07, 6.45) is -5.31. The van der Waals surface area contributed by atoms with Crippen molar-refractivity contribution in [1.29, 1.82) is 0 Å². The summed E-state index contributed by atoms with van der Waals surface area (Å²) in [5, 5.41) is 0. The van der Waals surface area contributed by atoms with Crippen LogP contribution in [0.15, 0.2) is 28.7 Å². The zero-order valence-electron chi connectivity index (χ0n) is 8.35. The number of carbonyl (C=O) groups is 1. The number of benzene rings is 1. The lowest BCUT2D eigenvalue weighted by molar-refractivity contribution is -0.135. The van der Waals surface area contributed by atoms with Crippen LogP contribution in [-0.4, -0.2) is 12.0 Å². The number of ketones is 1. The maximum absolute atomic E-state index is 11.8. The molecule has 5 heteroatoms. The second kappa shape index (κ2) is 5.48. The molecule has 0 saturated carbocycles. The van der Waals surface area contributed by atoms with Crippen LogP contribution in [0.4, 0.5) is 13.2 Å². The van der Waals surface area contributed by atoms with Gasteiger partial charge in [0.1, 0.15) is 0 Å². The summed E-state index contributed by atoms with van der Waals surface area (Å²) < 4.78 is 36.4. The Kier molecular flexibility index (Phi) is 4.53. The molecule has 0 radical (unpaired) electrons. The van der Waals surface area contributed by atoms with Crippen LogP contribution < -0.4 is 0 Å². The fourth-order valence-corrected chi connectivity index (χ4v) is 1.49. The van der Waals surface area contributed by atoms with Crippen LogP contribution in [0.5, 0.6) is 0 Å². The predicted molar refractivity (Wildman–Crippen MR) is 58.4 cm³/mol. The van der Waals surface area contributed by atoms with E-state index in [1.165, 1.54) is 0 Å². The fraction of sp³-hybridized carbons (Fsp3) is 0.364. The highest BCUT2D eigenvalue weighted by atomic mass is 79.9. The van der Waals surface area contributed by atoms with Gasteiger partial charge in [-0.05, 0) is 18.6 Å². The number of halogens is 4. The zero-order chi connectivity index (χ0) is 12.2. The lowest BCUT2D eigenvalue weighted by atomic mass is 10.1. The van der Waals surface area contributed by atoms with E-state index in [-0.39, 0.29) is 18.6 Å². The highest BCUT2D eigenvalue weighted by molar-refractivity contribution is 9.10. The Labute approximate surface area is 99.8 Å². The molecule has 0 fully saturated rings. The topological polar surface area (TPSA) is 17.1 Å². The predicted octanol–water partition coefficient (Wildman–Crippen LogP) is 4.36. The van der Waals surface area contributed by atoms with Crippen molar-refractivity contribution in [2.75, 3.05) is 0 Å². The van der Waals surface area contributed by atoms with Crippen LogP contribution in [0.3, 0.4) is 0 Å². The molecule has 0 aliphatic carbocycles. The Morgan fingerprint density at radius 2 is 1.75 bits per heavy atom. The lowest BCUT2D eigenvalue weighted by Crippen LogP contribution is -2.08. The summed E-state index contributed by atoms with van der Waals surface area (Å²) in [7, 11) is 0. The maximum atomic E-state index is 11.8. The van der Waals surface area contributed by atoms with E-state index in [2.05, 4.69) is 15.9 Å². The average molecular weight is 295 g/mol. The van der Waals surface area contributed by atoms with E-state index in [9.17, 15) is 18.0 Å². The number of rotatable bonds is 4. The van der Waals surface area contributed by atoms with E-state index < -0.39 is 12.6 Å². The first-order chi connectivity index (χ1) is 7.38. The van der Waals surface area contributed by atoms with E-state index in [1.54, 1.807) is 24.3 Å². The van der Waals surface area contributed by atoms with Crippen LogP contribution in [0.25, 0.3) is 0 Å². The molecule has 0 spiro atoms. The highest BCUT2D eigenvalue weighted by Gasteiger charge is 2.26. The second-order valence-corrected chi connectivity index (χ2v) is 4.31. The first-order valence-corrected chi connectivity index (χ1v) is 5.53. The second-order valence-electron chi connectivity index (χ2n) is 3.40. The van der Waals surface area contributed by atoms with Gasteiger partial charge >= 0.3 is 6.18 Å². The molecular weight excluding hydrogens is 285 g/mol. The normalized spacial score (nSPS) is 11.5. The number of alkyl halides is 3. The van der Waals surface area contributed by atoms with Gasteiger partial charge in [0, 0.05) is 22.9 Å². The smallest absolute Gasteiger partial charge is 0.294 e. The monoisotopic (exact) mass is 294 g/mol. The van der Waals surface area contributed by atoms with Crippen molar-refractivity contribution >= 4 is 21.7 Å². The molecule has 0 unspecified atom stereocenters. The summed E-state index contributed by atoms with van der Waals surface area (Å²) >= 11 is 3.21. The molecule has 0 aromatic heterocycles. The Morgan fingerprint density at radius 1 is 1.19 bits per heavy atom. The molecule has 0 atom stereocenters. The fourth-order valence-electron chi connectivity index (χ4n) is 1.23. The van der Waals surface area contributed by atoms with Crippen molar-refractivity contribution in [2.45, 2.75) is 25.4 Å². The van der Waals surface area contributed by atoms with Gasteiger partial charge in [-0.1, -0.05) is 28.1 Å². The Morgan fingerprint density at radius 3 is 2.25 bits per heavy atom. The summed E-state index contributed by atoms with van der Waals surface area (Å²) in [6.45, 7) is 0. The van der Waals surface area contributed by atoms with Gasteiger partial charge in [0.15, 0.2) is 5.78 Å². The Balaban J connectivity index is 2.44. The molecular formula is C11H10BrF3O. The zero-order valence-corrected chi connectivity index (χ0v) is 9.94. The van der Waals surface area contributed by atoms with E-state index in [4.69, 9.17) is 0 Å². The largest absolute Gasteiger partial charge is 0.389 e. The van der Waals surface area contributed by atoms with Crippen molar-refractivity contribution in [2.24, 2.45) is 0 Å². The minimum Gasteiger partial charge on any atom is -0.294 e. The van der Waals surface area contributed by atoms with Crippen molar-refractivity contribution in [3.63, 3.8) is 0 Å². The van der Waals surface area contributed by atoms with E-state index in [0.717, 1.165) is 4.47 Å². The van der Waals surface area contributed by atoms with Gasteiger partial charge < -0.3 is 0 Å². The third kappa shape index (κ3) is 4.79. The van der Waals surface area contributed by atoms with Crippen LogP contribution in [0, 0.1) is 0 Å². The number of hydrogen-bond donors (Lipinski definition) is 0. The molecule has 0 heterocycles. The third-order valence-electron chi connectivity index (χ3n) is 2.03. The van der Waals surface area contributed by atoms with E-state index in [1.807, 2.05) is 0 Å². The molecule has 0 amide bonds. The van der Waals surface area contributed by atoms with Crippen molar-refractivity contribution in [1.82, 2.24) is 0 Å². The summed E-state index contributed by atoms with van der Waals surface area (Å²) in [6, 6.07) is 6.58. The number of Topliss-reactive ketones (excluding diaryl/α,β-unsaturated/α-hetero) is 1. The molecule has 16 heavy (non-hydrogen) atoms. The van der Waals surface area contributed by atoms with Crippen LogP contribution in [0.1, 0.15) is 29.6 Å². The van der Waals surface area contributed by atoms with Gasteiger partial charge in [-0.2, -0.15) is 13.2 Å². The molecule has 0 aliphatic rings. The molecule has 1 aromatic rings. The molecule has 1 rings (SSSR count). The van der Waals surface area contributed by atoms with E-state index in [0.29, 0.717) is 5.56 Å². The van der Waals surface area contributed by atoms with Gasteiger partial charge in [-0.25, -0.2) is 0 Å². The molecule has 0 N–H and O–H groups in total. The van der Waals surface area contributed by atoms with Crippen molar-refractivity contribution in [3.05, 3.63) is 34.3 Å². The van der Waals surface area contributed by atoms with Gasteiger partial charge in [-0.3, -0.25) is 4.79 Å². The van der Waals surface area contributed by atoms with Gasteiger partial charge in [0.25, 0.3) is 0 Å².